The van der Waals surface area contributed by atoms with Crippen molar-refractivity contribution in [1.82, 2.24) is 0 Å². The van der Waals surface area contributed by atoms with Crippen LogP contribution in [0.2, 0.25) is 0 Å². The van der Waals surface area contributed by atoms with Crippen molar-refractivity contribution >= 4 is 16.9 Å². The maximum absolute atomic E-state index is 12.9. The van der Waals surface area contributed by atoms with Gasteiger partial charge in [-0.05, 0) is 24.6 Å². The summed E-state index contributed by atoms with van der Waals surface area (Å²) in [6.45, 7) is 2.00. The predicted octanol–water partition coefficient (Wildman–Crippen LogP) is 5.14. The first kappa shape index (κ1) is 19.5. The number of benzene rings is 3. The molecular formula is C25H20O5. The number of esters is 1. The van der Waals surface area contributed by atoms with Gasteiger partial charge in [0.05, 0.1) is 17.6 Å². The van der Waals surface area contributed by atoms with Crippen LogP contribution in [-0.4, -0.2) is 12.6 Å². The lowest BCUT2D eigenvalue weighted by Gasteiger charge is -2.18. The second kappa shape index (κ2) is 8.66. The van der Waals surface area contributed by atoms with E-state index in [-0.39, 0.29) is 12.0 Å². The monoisotopic (exact) mass is 400 g/mol. The standard InChI is InChI=1S/C25H20O5/c1-2-28-25(27)24(18-11-7-4-8-12-18)30-19-13-14-20-22(15-19)29-16-21(23(20)26)17-9-5-3-6-10-17/h3-16,24H,2H2,1H3/t24-/m1/s1. The van der Waals surface area contributed by atoms with Crippen LogP contribution in [0.1, 0.15) is 18.6 Å². The largest absolute Gasteiger partial charge is 0.474 e. The Morgan fingerprint density at radius 1 is 0.967 bits per heavy atom. The Kier molecular flexibility index (Phi) is 5.61. The van der Waals surface area contributed by atoms with Crippen LogP contribution in [0.15, 0.2) is 94.3 Å². The first-order valence-corrected chi connectivity index (χ1v) is 9.66. The zero-order valence-corrected chi connectivity index (χ0v) is 16.4. The minimum atomic E-state index is -0.918. The van der Waals surface area contributed by atoms with Gasteiger partial charge in [-0.15, -0.1) is 0 Å². The fraction of sp³-hybridized carbons (Fsp3) is 0.120. The molecule has 0 fully saturated rings. The van der Waals surface area contributed by atoms with E-state index in [1.54, 1.807) is 37.3 Å². The first-order chi connectivity index (χ1) is 14.7. The molecule has 150 valence electrons. The SMILES string of the molecule is CCOC(=O)[C@H](Oc1ccc2c(=O)c(-c3ccccc3)coc2c1)c1ccccc1. The van der Waals surface area contributed by atoms with E-state index >= 15 is 0 Å². The third-order valence-corrected chi connectivity index (χ3v) is 4.69. The molecule has 1 aromatic heterocycles. The summed E-state index contributed by atoms with van der Waals surface area (Å²) in [7, 11) is 0. The van der Waals surface area contributed by atoms with Gasteiger partial charge in [-0.2, -0.15) is 0 Å². The topological polar surface area (TPSA) is 65.7 Å². The molecule has 0 saturated carbocycles. The molecule has 0 amide bonds. The molecule has 0 aliphatic carbocycles. The lowest BCUT2D eigenvalue weighted by Crippen LogP contribution is -2.21. The molecule has 0 aliphatic heterocycles. The zero-order valence-electron chi connectivity index (χ0n) is 16.4. The van der Waals surface area contributed by atoms with Crippen LogP contribution in [0.25, 0.3) is 22.1 Å². The van der Waals surface area contributed by atoms with E-state index in [0.29, 0.717) is 27.8 Å². The fourth-order valence-corrected chi connectivity index (χ4v) is 3.23. The second-order valence-corrected chi connectivity index (χ2v) is 6.66. The molecule has 0 radical (unpaired) electrons. The van der Waals surface area contributed by atoms with Crippen molar-refractivity contribution in [3.63, 3.8) is 0 Å². The van der Waals surface area contributed by atoms with Crippen LogP contribution < -0.4 is 10.2 Å². The average Bonchev–Trinajstić information content (AvgIpc) is 2.79. The minimum absolute atomic E-state index is 0.126. The highest BCUT2D eigenvalue weighted by atomic mass is 16.6. The average molecular weight is 400 g/mol. The summed E-state index contributed by atoms with van der Waals surface area (Å²) < 4.78 is 16.8. The number of rotatable bonds is 6. The lowest BCUT2D eigenvalue weighted by atomic mass is 10.1. The molecular weight excluding hydrogens is 380 g/mol. The van der Waals surface area contributed by atoms with Crippen molar-refractivity contribution in [3.8, 4) is 16.9 Å². The van der Waals surface area contributed by atoms with E-state index in [4.69, 9.17) is 13.9 Å². The van der Waals surface area contributed by atoms with Crippen molar-refractivity contribution in [3.05, 3.63) is 101 Å². The van der Waals surface area contributed by atoms with Gasteiger partial charge in [0.25, 0.3) is 0 Å². The van der Waals surface area contributed by atoms with Crippen LogP contribution in [0.4, 0.5) is 0 Å². The summed E-state index contributed by atoms with van der Waals surface area (Å²) in [6, 6.07) is 23.4. The van der Waals surface area contributed by atoms with Crippen LogP contribution in [0.5, 0.6) is 5.75 Å². The van der Waals surface area contributed by atoms with E-state index in [1.807, 2.05) is 48.5 Å². The summed E-state index contributed by atoms with van der Waals surface area (Å²) in [5.41, 5.74) is 2.22. The molecule has 1 atom stereocenters. The van der Waals surface area contributed by atoms with Gasteiger partial charge in [-0.3, -0.25) is 4.79 Å². The molecule has 1 heterocycles. The van der Waals surface area contributed by atoms with Crippen molar-refractivity contribution in [2.45, 2.75) is 13.0 Å². The number of hydrogen-bond acceptors (Lipinski definition) is 5. The zero-order chi connectivity index (χ0) is 20.9. The molecule has 30 heavy (non-hydrogen) atoms. The number of carbonyl (C=O) groups excluding carboxylic acids is 1. The van der Waals surface area contributed by atoms with Gasteiger partial charge in [0, 0.05) is 11.6 Å². The Morgan fingerprint density at radius 2 is 1.67 bits per heavy atom. The van der Waals surface area contributed by atoms with Crippen LogP contribution in [0.3, 0.4) is 0 Å². The third-order valence-electron chi connectivity index (χ3n) is 4.69. The number of ether oxygens (including phenoxy) is 2. The normalized spacial score (nSPS) is 11.8. The molecule has 0 bridgehead atoms. The Labute approximate surface area is 173 Å². The summed E-state index contributed by atoms with van der Waals surface area (Å²) in [5.74, 6) is -0.0790. The Hall–Kier alpha value is -3.86. The summed E-state index contributed by atoms with van der Waals surface area (Å²) >= 11 is 0. The highest BCUT2D eigenvalue weighted by Gasteiger charge is 2.24. The molecule has 5 heteroatoms. The fourth-order valence-electron chi connectivity index (χ4n) is 3.23. The molecule has 0 spiro atoms. The van der Waals surface area contributed by atoms with E-state index in [2.05, 4.69) is 0 Å². The van der Waals surface area contributed by atoms with E-state index in [1.165, 1.54) is 6.26 Å². The summed E-state index contributed by atoms with van der Waals surface area (Å²) in [4.78, 5) is 25.3. The first-order valence-electron chi connectivity index (χ1n) is 9.66. The Morgan fingerprint density at radius 3 is 2.37 bits per heavy atom. The van der Waals surface area contributed by atoms with Crippen molar-refractivity contribution in [2.24, 2.45) is 0 Å². The molecule has 0 N–H and O–H groups in total. The summed E-state index contributed by atoms with van der Waals surface area (Å²) in [6.07, 6.45) is 0.531. The molecule has 3 aromatic carbocycles. The quantitative estimate of drug-likeness (QED) is 0.419. The lowest BCUT2D eigenvalue weighted by molar-refractivity contribution is -0.151. The van der Waals surface area contributed by atoms with Crippen molar-refractivity contribution in [1.29, 1.82) is 0 Å². The van der Waals surface area contributed by atoms with Gasteiger partial charge >= 0.3 is 5.97 Å². The molecule has 0 saturated heterocycles. The predicted molar refractivity (Wildman–Crippen MR) is 114 cm³/mol. The maximum atomic E-state index is 12.9. The number of hydrogen-bond donors (Lipinski definition) is 0. The smallest absolute Gasteiger partial charge is 0.352 e. The van der Waals surface area contributed by atoms with Crippen molar-refractivity contribution < 1.29 is 18.7 Å². The van der Waals surface area contributed by atoms with E-state index in [0.717, 1.165) is 5.56 Å². The summed E-state index contributed by atoms with van der Waals surface area (Å²) in [5, 5.41) is 0.441. The van der Waals surface area contributed by atoms with E-state index < -0.39 is 12.1 Å². The highest BCUT2D eigenvalue weighted by Crippen LogP contribution is 2.27. The Balaban J connectivity index is 1.69. The van der Waals surface area contributed by atoms with Gasteiger partial charge in [0.1, 0.15) is 17.6 Å². The molecule has 4 aromatic rings. The van der Waals surface area contributed by atoms with Crippen LogP contribution in [0, 0.1) is 0 Å². The molecule has 5 nitrogen and oxygen atoms in total. The van der Waals surface area contributed by atoms with Gasteiger partial charge in [0.2, 0.25) is 6.10 Å². The molecule has 0 unspecified atom stereocenters. The maximum Gasteiger partial charge on any atom is 0.352 e. The van der Waals surface area contributed by atoms with Gasteiger partial charge in [-0.1, -0.05) is 60.7 Å². The minimum Gasteiger partial charge on any atom is -0.474 e. The second-order valence-electron chi connectivity index (χ2n) is 6.66. The Bertz CT molecular complexity index is 1210. The van der Waals surface area contributed by atoms with Gasteiger partial charge in [-0.25, -0.2) is 4.79 Å². The van der Waals surface area contributed by atoms with Gasteiger partial charge in [0.15, 0.2) is 5.43 Å². The molecule has 0 aliphatic rings. The molecule has 4 rings (SSSR count). The highest BCUT2D eigenvalue weighted by molar-refractivity contribution is 5.83. The van der Waals surface area contributed by atoms with Gasteiger partial charge < -0.3 is 13.9 Å². The third kappa shape index (κ3) is 3.96. The van der Waals surface area contributed by atoms with Crippen LogP contribution >= 0.6 is 0 Å². The van der Waals surface area contributed by atoms with Crippen LogP contribution in [-0.2, 0) is 9.53 Å². The number of fused-ring (bicyclic) bond motifs is 1. The number of carbonyl (C=O) groups is 1. The van der Waals surface area contributed by atoms with E-state index in [9.17, 15) is 9.59 Å². The van der Waals surface area contributed by atoms with Crippen molar-refractivity contribution in [2.75, 3.05) is 6.61 Å².